The molecule has 1 aromatic carbocycles. The maximum absolute atomic E-state index is 12.2. The first-order valence-corrected chi connectivity index (χ1v) is 7.70. The number of aliphatic carboxylic acids is 1. The van der Waals surface area contributed by atoms with E-state index in [-0.39, 0.29) is 18.6 Å². The molecule has 1 unspecified atom stereocenters. The highest BCUT2D eigenvalue weighted by Gasteiger charge is 2.21. The van der Waals surface area contributed by atoms with Crippen molar-refractivity contribution in [1.82, 2.24) is 15.1 Å². The number of carbonyl (C=O) groups is 2. The summed E-state index contributed by atoms with van der Waals surface area (Å²) < 4.78 is 6.25. The molecule has 1 aromatic heterocycles. The molecule has 9 heteroatoms. The fraction of sp³-hybridized carbons (Fsp3) is 0.267. The van der Waals surface area contributed by atoms with Gasteiger partial charge in [-0.25, -0.2) is 9.48 Å². The van der Waals surface area contributed by atoms with Crippen LogP contribution in [0.1, 0.15) is 16.8 Å². The lowest BCUT2D eigenvalue weighted by Gasteiger charge is -2.13. The molecule has 0 aliphatic carbocycles. The monoisotopic (exact) mass is 371 g/mol. The van der Waals surface area contributed by atoms with E-state index >= 15 is 0 Å². The van der Waals surface area contributed by atoms with Crippen LogP contribution in [-0.2, 0) is 9.53 Å². The zero-order chi connectivity index (χ0) is 17.7. The minimum absolute atomic E-state index is 0.161. The average molecular weight is 372 g/mol. The van der Waals surface area contributed by atoms with E-state index in [1.165, 1.54) is 24.2 Å². The van der Waals surface area contributed by atoms with Gasteiger partial charge in [-0.3, -0.25) is 4.79 Å². The maximum Gasteiger partial charge on any atom is 0.326 e. The molecule has 1 amide bonds. The third-order valence-corrected chi connectivity index (χ3v) is 3.75. The van der Waals surface area contributed by atoms with Gasteiger partial charge in [-0.05, 0) is 18.2 Å². The molecular formula is C15H15Cl2N3O4. The van der Waals surface area contributed by atoms with Gasteiger partial charge in [0.1, 0.15) is 6.04 Å². The Balaban J connectivity index is 2.14. The number of carbonyl (C=O) groups excluding carboxylic acids is 1. The summed E-state index contributed by atoms with van der Waals surface area (Å²) in [7, 11) is 1.46. The van der Waals surface area contributed by atoms with Crippen molar-refractivity contribution in [3.05, 3.63) is 46.2 Å². The van der Waals surface area contributed by atoms with Crippen LogP contribution in [0, 0.1) is 0 Å². The van der Waals surface area contributed by atoms with E-state index in [2.05, 4.69) is 10.4 Å². The first kappa shape index (κ1) is 18.3. The van der Waals surface area contributed by atoms with E-state index in [0.29, 0.717) is 15.7 Å². The van der Waals surface area contributed by atoms with Crippen LogP contribution >= 0.6 is 23.2 Å². The Hall–Kier alpha value is -2.09. The Morgan fingerprint density at radius 2 is 2.17 bits per heavy atom. The molecule has 0 saturated heterocycles. The Bertz CT molecular complexity index is 748. The highest BCUT2D eigenvalue weighted by molar-refractivity contribution is 6.35. The van der Waals surface area contributed by atoms with Gasteiger partial charge in [0.2, 0.25) is 0 Å². The fourth-order valence-corrected chi connectivity index (χ4v) is 2.47. The number of nitrogens with one attached hydrogen (secondary N) is 1. The van der Waals surface area contributed by atoms with Gasteiger partial charge >= 0.3 is 5.97 Å². The number of hydrogen-bond acceptors (Lipinski definition) is 4. The number of nitrogens with zero attached hydrogens (tertiary/aromatic N) is 2. The molecule has 1 heterocycles. The molecule has 24 heavy (non-hydrogen) atoms. The third kappa shape index (κ3) is 4.47. The molecule has 0 aliphatic rings. The molecule has 0 spiro atoms. The highest BCUT2D eigenvalue weighted by Crippen LogP contribution is 2.24. The summed E-state index contributed by atoms with van der Waals surface area (Å²) in [6.45, 7) is 0.219. The zero-order valence-electron chi connectivity index (χ0n) is 12.7. The van der Waals surface area contributed by atoms with Crippen molar-refractivity contribution in [1.29, 1.82) is 0 Å². The quantitative estimate of drug-likeness (QED) is 0.779. The van der Waals surface area contributed by atoms with Crippen LogP contribution in [-0.4, -0.2) is 46.5 Å². The van der Waals surface area contributed by atoms with Crippen LogP contribution < -0.4 is 5.32 Å². The maximum atomic E-state index is 12.2. The van der Waals surface area contributed by atoms with Crippen LogP contribution in [0.25, 0.3) is 5.69 Å². The number of halogens is 2. The van der Waals surface area contributed by atoms with E-state index in [1.807, 2.05) is 0 Å². The minimum Gasteiger partial charge on any atom is -0.480 e. The first-order chi connectivity index (χ1) is 11.4. The number of ether oxygens (including phenoxy) is 1. The smallest absolute Gasteiger partial charge is 0.326 e. The van der Waals surface area contributed by atoms with Gasteiger partial charge in [-0.15, -0.1) is 0 Å². The van der Waals surface area contributed by atoms with Crippen LogP contribution in [0.15, 0.2) is 30.6 Å². The molecule has 128 valence electrons. The summed E-state index contributed by atoms with van der Waals surface area (Å²) in [6, 6.07) is 3.83. The lowest BCUT2D eigenvalue weighted by atomic mass is 10.2. The molecular weight excluding hydrogens is 357 g/mol. The van der Waals surface area contributed by atoms with Gasteiger partial charge < -0.3 is 15.2 Å². The second kappa shape index (κ2) is 8.14. The lowest BCUT2D eigenvalue weighted by Crippen LogP contribution is -2.41. The van der Waals surface area contributed by atoms with E-state index in [0.717, 1.165) is 0 Å². The van der Waals surface area contributed by atoms with Crippen molar-refractivity contribution < 1.29 is 19.4 Å². The number of methoxy groups -OCH3 is 1. The number of benzene rings is 1. The summed E-state index contributed by atoms with van der Waals surface area (Å²) in [5.41, 5.74) is 0.763. The SMILES string of the molecule is COCCC(NC(=O)c1cnn(-c2ccc(Cl)cc2Cl)c1)C(=O)O. The number of aromatic nitrogens is 2. The summed E-state index contributed by atoms with van der Waals surface area (Å²) in [6.07, 6.45) is 2.95. The fourth-order valence-electron chi connectivity index (χ4n) is 1.97. The van der Waals surface area contributed by atoms with Crippen LogP contribution in [0.4, 0.5) is 0 Å². The molecule has 1 atom stereocenters. The Morgan fingerprint density at radius 3 is 2.79 bits per heavy atom. The normalized spacial score (nSPS) is 12.0. The van der Waals surface area contributed by atoms with Crippen molar-refractivity contribution in [3.63, 3.8) is 0 Å². The topological polar surface area (TPSA) is 93.5 Å². The van der Waals surface area contributed by atoms with Gasteiger partial charge in [-0.2, -0.15) is 5.10 Å². The molecule has 2 aromatic rings. The van der Waals surface area contributed by atoms with Gasteiger partial charge in [0.15, 0.2) is 0 Å². The second-order valence-corrected chi connectivity index (χ2v) is 5.76. The van der Waals surface area contributed by atoms with E-state index in [4.69, 9.17) is 33.0 Å². The van der Waals surface area contributed by atoms with Crippen molar-refractivity contribution in [2.24, 2.45) is 0 Å². The van der Waals surface area contributed by atoms with E-state index in [1.54, 1.807) is 18.2 Å². The second-order valence-electron chi connectivity index (χ2n) is 4.92. The Morgan fingerprint density at radius 1 is 1.42 bits per heavy atom. The predicted octanol–water partition coefficient (Wildman–Crippen LogP) is 2.40. The Kier molecular flexibility index (Phi) is 6.19. The predicted molar refractivity (Wildman–Crippen MR) is 89.0 cm³/mol. The first-order valence-electron chi connectivity index (χ1n) is 6.95. The lowest BCUT2D eigenvalue weighted by molar-refractivity contribution is -0.139. The molecule has 0 radical (unpaired) electrons. The molecule has 7 nitrogen and oxygen atoms in total. The minimum atomic E-state index is -1.13. The van der Waals surface area contributed by atoms with Crippen molar-refractivity contribution in [2.45, 2.75) is 12.5 Å². The number of carboxylic acids is 1. The van der Waals surface area contributed by atoms with Gasteiger partial charge in [-0.1, -0.05) is 23.2 Å². The van der Waals surface area contributed by atoms with Crippen LogP contribution in [0.5, 0.6) is 0 Å². The summed E-state index contributed by atoms with van der Waals surface area (Å²) in [4.78, 5) is 23.3. The van der Waals surface area contributed by atoms with E-state index < -0.39 is 17.9 Å². The number of carboxylic acid groups (broad SMARTS) is 1. The van der Waals surface area contributed by atoms with Crippen LogP contribution in [0.3, 0.4) is 0 Å². The number of hydrogen-bond donors (Lipinski definition) is 2. The zero-order valence-corrected chi connectivity index (χ0v) is 14.2. The summed E-state index contributed by atoms with van der Waals surface area (Å²) in [5, 5.41) is 16.5. The molecule has 0 saturated carbocycles. The average Bonchev–Trinajstić information content (AvgIpc) is 3.00. The number of rotatable bonds is 7. The third-order valence-electron chi connectivity index (χ3n) is 3.22. The summed E-state index contributed by atoms with van der Waals surface area (Å²) in [5.74, 6) is -1.68. The van der Waals surface area contributed by atoms with Crippen LogP contribution in [0.2, 0.25) is 10.0 Å². The molecule has 0 aliphatic heterocycles. The highest BCUT2D eigenvalue weighted by atomic mass is 35.5. The largest absolute Gasteiger partial charge is 0.480 e. The van der Waals surface area contributed by atoms with Gasteiger partial charge in [0, 0.05) is 31.4 Å². The Labute approximate surface area is 148 Å². The van der Waals surface area contributed by atoms with Crippen molar-refractivity contribution >= 4 is 35.1 Å². The molecule has 2 N–H and O–H groups in total. The molecule has 2 rings (SSSR count). The summed E-state index contributed by atoms with van der Waals surface area (Å²) >= 11 is 11.9. The van der Waals surface area contributed by atoms with Crippen molar-refractivity contribution in [2.75, 3.05) is 13.7 Å². The van der Waals surface area contributed by atoms with Gasteiger partial charge in [0.05, 0.1) is 22.5 Å². The van der Waals surface area contributed by atoms with E-state index in [9.17, 15) is 9.59 Å². The standard InChI is InChI=1S/C15H15Cl2N3O4/c1-24-5-4-12(15(22)23)19-14(21)9-7-18-20(8-9)13-3-2-10(16)6-11(13)17/h2-3,6-8,12H,4-5H2,1H3,(H,19,21)(H,22,23). The van der Waals surface area contributed by atoms with Gasteiger partial charge in [0.25, 0.3) is 5.91 Å². The van der Waals surface area contributed by atoms with Crippen molar-refractivity contribution in [3.8, 4) is 5.69 Å². The molecule has 0 bridgehead atoms. The molecule has 0 fully saturated rings. The number of amides is 1.